The van der Waals surface area contributed by atoms with E-state index in [-0.39, 0.29) is 66.9 Å². The van der Waals surface area contributed by atoms with E-state index in [1.165, 1.54) is 25.6 Å². The summed E-state index contributed by atoms with van der Waals surface area (Å²) >= 11 is 1.43. The van der Waals surface area contributed by atoms with Crippen LogP contribution in [0, 0.1) is 11.8 Å². The fourth-order valence-electron chi connectivity index (χ4n) is 6.94. The van der Waals surface area contributed by atoms with Gasteiger partial charge < -0.3 is 39.4 Å². The molecule has 0 radical (unpaired) electrons. The number of methoxy groups -OCH3 is 2. The van der Waals surface area contributed by atoms with Crippen molar-refractivity contribution in [1.82, 2.24) is 10.3 Å². The van der Waals surface area contributed by atoms with Crippen molar-refractivity contribution >= 4 is 28.3 Å². The van der Waals surface area contributed by atoms with Gasteiger partial charge in [0.05, 0.1) is 44.9 Å². The van der Waals surface area contributed by atoms with Crippen LogP contribution in [0.3, 0.4) is 0 Å². The minimum Gasteiger partial charge on any atom is -0.502 e. The summed E-state index contributed by atoms with van der Waals surface area (Å²) in [4.78, 5) is 30.8. The van der Waals surface area contributed by atoms with Gasteiger partial charge in [0.25, 0.3) is 0 Å². The minimum atomic E-state index is -0.541. The number of aromatic hydroxyl groups is 1. The number of hydrogen-bond acceptors (Lipinski definition) is 11. The third kappa shape index (κ3) is 4.97. The minimum absolute atomic E-state index is 0.0167. The number of phenols is 1. The molecule has 3 heterocycles. The number of carbonyl (C=O) groups is 2. The first kappa shape index (κ1) is 27.6. The summed E-state index contributed by atoms with van der Waals surface area (Å²) in [6.07, 6.45) is 4.59. The highest BCUT2D eigenvalue weighted by Crippen LogP contribution is 2.56. The molecule has 11 nitrogen and oxygen atoms in total. The molecule has 43 heavy (non-hydrogen) atoms. The Morgan fingerprint density at radius 2 is 1.74 bits per heavy atom. The molecule has 3 N–H and O–H groups in total. The van der Waals surface area contributed by atoms with Crippen LogP contribution in [0.5, 0.6) is 28.7 Å². The zero-order chi connectivity index (χ0) is 29.7. The molecule has 12 heteroatoms. The smallest absolute Gasteiger partial charge is 0.310 e. The first-order valence-corrected chi connectivity index (χ1v) is 15.4. The lowest BCUT2D eigenvalue weighted by molar-refractivity contribution is -0.141. The van der Waals surface area contributed by atoms with Crippen molar-refractivity contribution in [2.24, 2.45) is 11.8 Å². The van der Waals surface area contributed by atoms with Gasteiger partial charge in [-0.2, -0.15) is 0 Å². The van der Waals surface area contributed by atoms with Crippen molar-refractivity contribution in [3.05, 3.63) is 52.0 Å². The predicted molar refractivity (Wildman–Crippen MR) is 156 cm³/mol. The van der Waals surface area contributed by atoms with E-state index >= 15 is 0 Å². The van der Waals surface area contributed by atoms with E-state index in [4.69, 9.17) is 28.7 Å². The normalized spacial score (nSPS) is 23.8. The van der Waals surface area contributed by atoms with Gasteiger partial charge in [-0.15, -0.1) is 11.3 Å². The first-order valence-electron chi connectivity index (χ1n) is 14.5. The summed E-state index contributed by atoms with van der Waals surface area (Å²) < 4.78 is 28.1. The highest BCUT2D eigenvalue weighted by Gasteiger charge is 2.53. The van der Waals surface area contributed by atoms with Crippen LogP contribution >= 0.6 is 11.3 Å². The summed E-state index contributed by atoms with van der Waals surface area (Å²) in [6, 6.07) is 7.28. The average Bonchev–Trinajstić information content (AvgIpc) is 3.82. The summed E-state index contributed by atoms with van der Waals surface area (Å²) in [6.45, 7) is 0.329. The number of cyclic esters (lactones) is 1. The van der Waals surface area contributed by atoms with E-state index in [0.29, 0.717) is 22.3 Å². The molecule has 226 valence electrons. The molecule has 0 spiro atoms. The van der Waals surface area contributed by atoms with Crippen LogP contribution in [-0.4, -0.2) is 55.6 Å². The van der Waals surface area contributed by atoms with E-state index in [0.717, 1.165) is 42.4 Å². The van der Waals surface area contributed by atoms with Crippen LogP contribution < -0.4 is 29.6 Å². The Balaban J connectivity index is 1.25. The van der Waals surface area contributed by atoms with Gasteiger partial charge in [-0.05, 0) is 53.8 Å². The second-order valence-corrected chi connectivity index (χ2v) is 12.3. The second kappa shape index (κ2) is 11.1. The Morgan fingerprint density at radius 1 is 1.05 bits per heavy atom. The van der Waals surface area contributed by atoms with E-state index < -0.39 is 11.8 Å². The Bertz CT molecular complexity index is 1540. The Hall–Kier alpha value is -4.19. The molecule has 1 aromatic heterocycles. The number of amides is 1. The molecular weight excluding hydrogens is 574 g/mol. The van der Waals surface area contributed by atoms with E-state index in [9.17, 15) is 14.7 Å². The summed E-state index contributed by atoms with van der Waals surface area (Å²) in [5.74, 6) is 0.0482. The summed E-state index contributed by atoms with van der Waals surface area (Å²) in [5, 5.41) is 19.8. The molecule has 4 aliphatic rings. The molecule has 0 bridgehead atoms. The molecule has 1 saturated heterocycles. The van der Waals surface area contributed by atoms with Gasteiger partial charge in [0.15, 0.2) is 28.1 Å². The number of hydrogen-bond donors (Lipinski definition) is 3. The number of rotatable bonds is 8. The number of nitrogens with zero attached hydrogens (tertiary/aromatic N) is 1. The summed E-state index contributed by atoms with van der Waals surface area (Å²) in [5.41, 5.74) is 3.23. The Morgan fingerprint density at radius 3 is 2.44 bits per heavy atom. The standard InChI is InChI=1S/C31H33N3O8S/c1-38-23-7-15(8-24(39-2)29(23)36)26-18-10-21-22(42-14-41-21)11-19(18)28(20-12-40-30(37)27(20)26)34-31-33-17(13-43-31)9-25(35)32-16-5-3-4-6-16/h7-8,10-11,13,16,20,26-28,36H,3-6,9,12,14H2,1-2H3,(H,32,35)(H,33,34)/t20-,26+,27-,28+/m0/s1. The molecule has 4 atom stereocenters. The second-order valence-electron chi connectivity index (χ2n) is 11.4. The number of nitrogens with one attached hydrogen (secondary N) is 2. The van der Waals surface area contributed by atoms with Gasteiger partial charge >= 0.3 is 5.97 Å². The fourth-order valence-corrected chi connectivity index (χ4v) is 7.69. The lowest BCUT2D eigenvalue weighted by Crippen LogP contribution is -2.37. The Labute approximate surface area is 252 Å². The number of thiazole rings is 1. The average molecular weight is 608 g/mol. The van der Waals surface area contributed by atoms with Crippen LogP contribution in [0.4, 0.5) is 5.13 Å². The van der Waals surface area contributed by atoms with Gasteiger partial charge in [0, 0.05) is 23.3 Å². The Kier molecular flexibility index (Phi) is 7.16. The third-order valence-electron chi connectivity index (χ3n) is 8.94. The topological polar surface area (TPSA) is 137 Å². The van der Waals surface area contributed by atoms with E-state index in [2.05, 4.69) is 10.6 Å². The quantitative estimate of drug-likeness (QED) is 0.318. The SMILES string of the molecule is COc1cc([C@@H]2c3cc4c(cc3[C@@H](Nc3nc(CC(=O)NC5CCCC5)cs3)[C@H]3COC(=O)[C@H]23)OCO4)cc(OC)c1O. The predicted octanol–water partition coefficient (Wildman–Crippen LogP) is 4.28. The maximum Gasteiger partial charge on any atom is 0.310 e. The molecule has 1 amide bonds. The molecule has 2 aliphatic carbocycles. The molecule has 0 unspecified atom stereocenters. The number of aromatic nitrogens is 1. The number of esters is 1. The molecule has 7 rings (SSSR count). The lowest BCUT2D eigenvalue weighted by Gasteiger charge is -2.39. The highest BCUT2D eigenvalue weighted by atomic mass is 32.1. The number of anilines is 1. The van der Waals surface area contributed by atoms with Crippen LogP contribution in [0.25, 0.3) is 0 Å². The third-order valence-corrected chi connectivity index (χ3v) is 9.76. The molecule has 2 fully saturated rings. The molecule has 2 aromatic carbocycles. The number of fused-ring (bicyclic) bond motifs is 3. The van der Waals surface area contributed by atoms with Crippen molar-refractivity contribution in [2.75, 3.05) is 32.9 Å². The number of benzene rings is 2. The van der Waals surface area contributed by atoms with Gasteiger partial charge in [-0.3, -0.25) is 9.59 Å². The lowest BCUT2D eigenvalue weighted by atomic mass is 9.65. The number of phenolic OH excluding ortho intramolecular Hbond substituents is 1. The van der Waals surface area contributed by atoms with Crippen molar-refractivity contribution in [3.63, 3.8) is 0 Å². The van der Waals surface area contributed by atoms with Crippen molar-refractivity contribution < 1.29 is 38.4 Å². The van der Waals surface area contributed by atoms with Crippen molar-refractivity contribution in [2.45, 2.75) is 50.1 Å². The van der Waals surface area contributed by atoms with Crippen molar-refractivity contribution in [3.8, 4) is 28.7 Å². The monoisotopic (exact) mass is 607 g/mol. The van der Waals surface area contributed by atoms with Gasteiger partial charge in [0.2, 0.25) is 18.4 Å². The maximum atomic E-state index is 13.4. The number of ether oxygens (including phenoxy) is 5. The largest absolute Gasteiger partial charge is 0.502 e. The zero-order valence-corrected chi connectivity index (χ0v) is 24.7. The van der Waals surface area contributed by atoms with Crippen LogP contribution in [0.15, 0.2) is 29.6 Å². The van der Waals surface area contributed by atoms with E-state index in [1.807, 2.05) is 17.5 Å². The summed E-state index contributed by atoms with van der Waals surface area (Å²) in [7, 11) is 2.94. The van der Waals surface area contributed by atoms with Gasteiger partial charge in [0.1, 0.15) is 0 Å². The molecule has 1 saturated carbocycles. The maximum absolute atomic E-state index is 13.4. The van der Waals surface area contributed by atoms with Gasteiger partial charge in [-0.25, -0.2) is 4.98 Å². The first-order chi connectivity index (χ1) is 20.9. The van der Waals surface area contributed by atoms with Crippen LogP contribution in [0.2, 0.25) is 0 Å². The number of carbonyl (C=O) groups excluding carboxylic acids is 2. The van der Waals surface area contributed by atoms with Gasteiger partial charge in [-0.1, -0.05) is 12.8 Å². The van der Waals surface area contributed by atoms with E-state index in [1.54, 1.807) is 12.1 Å². The molecule has 2 aliphatic heterocycles. The van der Waals surface area contributed by atoms with Crippen LogP contribution in [-0.2, 0) is 20.7 Å². The van der Waals surface area contributed by atoms with Crippen molar-refractivity contribution in [1.29, 1.82) is 0 Å². The zero-order valence-electron chi connectivity index (χ0n) is 23.9. The molecular formula is C31H33N3O8S. The molecule has 3 aromatic rings. The highest BCUT2D eigenvalue weighted by molar-refractivity contribution is 7.13. The fraction of sp³-hybridized carbons (Fsp3) is 0.452. The van der Waals surface area contributed by atoms with Crippen LogP contribution in [0.1, 0.15) is 60.0 Å².